The second-order valence-electron chi connectivity index (χ2n) is 5.02. The Labute approximate surface area is 120 Å². The molecule has 1 aromatic rings. The highest BCUT2D eigenvalue weighted by Crippen LogP contribution is 2.35. The quantitative estimate of drug-likeness (QED) is 0.642. The van der Waals surface area contributed by atoms with Crippen molar-refractivity contribution in [3.05, 3.63) is 11.5 Å². The molecule has 1 saturated carbocycles. The zero-order chi connectivity index (χ0) is 13.7. The van der Waals surface area contributed by atoms with Gasteiger partial charge in [0.25, 0.3) is 0 Å². The molecule has 2 rings (SSSR count). The highest BCUT2D eigenvalue weighted by molar-refractivity contribution is 7.99. The maximum Gasteiger partial charge on any atom is 0.127 e. The Balaban J connectivity index is 2.20. The first-order valence-electron chi connectivity index (χ1n) is 7.13. The molecule has 0 atom stereocenters. The lowest BCUT2D eigenvalue weighted by Crippen LogP contribution is -2.09. The first-order chi connectivity index (χ1) is 9.27. The SMILES string of the molecule is C#CCn1c(C2CCCC2)nc(CCSCC)c1N. The number of imidazole rings is 1. The molecule has 1 heterocycles. The molecule has 104 valence electrons. The van der Waals surface area contributed by atoms with Crippen LogP contribution in [0, 0.1) is 12.3 Å². The number of nitrogens with zero attached hydrogens (tertiary/aromatic N) is 2. The first kappa shape index (κ1) is 14.3. The lowest BCUT2D eigenvalue weighted by Gasteiger charge is -2.11. The molecule has 1 aromatic heterocycles. The van der Waals surface area contributed by atoms with Gasteiger partial charge in [0.1, 0.15) is 11.6 Å². The lowest BCUT2D eigenvalue weighted by atomic mass is 10.1. The summed E-state index contributed by atoms with van der Waals surface area (Å²) in [5.41, 5.74) is 7.28. The van der Waals surface area contributed by atoms with Crippen molar-refractivity contribution in [1.29, 1.82) is 0 Å². The fraction of sp³-hybridized carbons (Fsp3) is 0.667. The third-order valence-electron chi connectivity index (χ3n) is 3.77. The number of nitrogen functional groups attached to an aromatic ring is 1. The Bertz CT molecular complexity index is 453. The average molecular weight is 277 g/mol. The van der Waals surface area contributed by atoms with Gasteiger partial charge in [0.2, 0.25) is 0 Å². The number of terminal acetylenes is 1. The Kier molecular flexibility index (Phi) is 5.21. The number of thioether (sulfide) groups is 1. The Morgan fingerprint density at radius 2 is 2.21 bits per heavy atom. The van der Waals surface area contributed by atoms with E-state index in [9.17, 15) is 0 Å². The largest absolute Gasteiger partial charge is 0.384 e. The van der Waals surface area contributed by atoms with Crippen LogP contribution in [-0.2, 0) is 13.0 Å². The molecule has 0 radical (unpaired) electrons. The Hall–Kier alpha value is -1.08. The van der Waals surface area contributed by atoms with E-state index in [1.54, 1.807) is 0 Å². The normalized spacial score (nSPS) is 15.8. The van der Waals surface area contributed by atoms with Crippen LogP contribution in [0.25, 0.3) is 0 Å². The van der Waals surface area contributed by atoms with E-state index in [-0.39, 0.29) is 0 Å². The molecule has 3 nitrogen and oxygen atoms in total. The van der Waals surface area contributed by atoms with Crippen LogP contribution >= 0.6 is 11.8 Å². The van der Waals surface area contributed by atoms with E-state index in [2.05, 4.69) is 17.4 Å². The highest BCUT2D eigenvalue weighted by Gasteiger charge is 2.24. The molecule has 0 aliphatic heterocycles. The van der Waals surface area contributed by atoms with Gasteiger partial charge in [-0.2, -0.15) is 11.8 Å². The molecule has 4 heteroatoms. The van der Waals surface area contributed by atoms with Crippen molar-refractivity contribution in [2.75, 3.05) is 17.2 Å². The number of nitrogens with two attached hydrogens (primary N) is 1. The van der Waals surface area contributed by atoms with Crippen LogP contribution in [0.5, 0.6) is 0 Å². The number of rotatable bonds is 6. The van der Waals surface area contributed by atoms with Gasteiger partial charge in [0, 0.05) is 12.3 Å². The molecule has 0 saturated heterocycles. The molecule has 1 aliphatic carbocycles. The van der Waals surface area contributed by atoms with E-state index >= 15 is 0 Å². The summed E-state index contributed by atoms with van der Waals surface area (Å²) >= 11 is 1.93. The molecule has 19 heavy (non-hydrogen) atoms. The van der Waals surface area contributed by atoms with Gasteiger partial charge >= 0.3 is 0 Å². The van der Waals surface area contributed by atoms with Gasteiger partial charge in [-0.05, 0) is 24.3 Å². The summed E-state index contributed by atoms with van der Waals surface area (Å²) in [4.78, 5) is 4.81. The number of hydrogen-bond donors (Lipinski definition) is 1. The van der Waals surface area contributed by atoms with Crippen molar-refractivity contribution in [2.24, 2.45) is 0 Å². The third-order valence-corrected chi connectivity index (χ3v) is 4.67. The predicted molar refractivity (Wildman–Crippen MR) is 83.4 cm³/mol. The van der Waals surface area contributed by atoms with E-state index < -0.39 is 0 Å². The van der Waals surface area contributed by atoms with Crippen LogP contribution < -0.4 is 5.73 Å². The Morgan fingerprint density at radius 3 is 2.84 bits per heavy atom. The summed E-state index contributed by atoms with van der Waals surface area (Å²) in [5.74, 6) is 7.40. The van der Waals surface area contributed by atoms with Crippen LogP contribution in [0.4, 0.5) is 5.82 Å². The monoisotopic (exact) mass is 277 g/mol. The number of aromatic nitrogens is 2. The van der Waals surface area contributed by atoms with E-state index in [0.29, 0.717) is 12.5 Å². The average Bonchev–Trinajstić information content (AvgIpc) is 3.02. The maximum absolute atomic E-state index is 6.24. The lowest BCUT2D eigenvalue weighted by molar-refractivity contribution is 0.621. The molecule has 1 fully saturated rings. The molecule has 2 N–H and O–H groups in total. The minimum Gasteiger partial charge on any atom is -0.384 e. The first-order valence-corrected chi connectivity index (χ1v) is 8.29. The number of aryl methyl sites for hydroxylation is 1. The summed E-state index contributed by atoms with van der Waals surface area (Å²) in [5, 5.41) is 0. The summed E-state index contributed by atoms with van der Waals surface area (Å²) in [7, 11) is 0. The molecule has 0 unspecified atom stereocenters. The van der Waals surface area contributed by atoms with Gasteiger partial charge in [-0.1, -0.05) is 25.7 Å². The van der Waals surface area contributed by atoms with Crippen molar-refractivity contribution >= 4 is 17.6 Å². The molecule has 0 aromatic carbocycles. The van der Waals surface area contributed by atoms with E-state index in [1.807, 2.05) is 11.8 Å². The van der Waals surface area contributed by atoms with Crippen molar-refractivity contribution in [1.82, 2.24) is 9.55 Å². The zero-order valence-corrected chi connectivity index (χ0v) is 12.5. The predicted octanol–water partition coefficient (Wildman–Crippen LogP) is 3.05. The van der Waals surface area contributed by atoms with Gasteiger partial charge < -0.3 is 10.3 Å². The van der Waals surface area contributed by atoms with Gasteiger partial charge in [-0.15, -0.1) is 6.42 Å². The van der Waals surface area contributed by atoms with Crippen molar-refractivity contribution in [3.8, 4) is 12.3 Å². The minimum atomic E-state index is 0.547. The molecule has 0 amide bonds. The second kappa shape index (κ2) is 6.91. The van der Waals surface area contributed by atoms with Crippen LogP contribution in [0.3, 0.4) is 0 Å². The second-order valence-corrected chi connectivity index (χ2v) is 6.41. The van der Waals surface area contributed by atoms with Crippen molar-refractivity contribution < 1.29 is 0 Å². The third kappa shape index (κ3) is 3.27. The summed E-state index contributed by atoms with van der Waals surface area (Å²) < 4.78 is 2.06. The molecular formula is C15H23N3S. The molecular weight excluding hydrogens is 254 g/mol. The van der Waals surface area contributed by atoms with Gasteiger partial charge in [-0.3, -0.25) is 0 Å². The highest BCUT2D eigenvalue weighted by atomic mass is 32.2. The zero-order valence-electron chi connectivity index (χ0n) is 11.7. The topological polar surface area (TPSA) is 43.8 Å². The van der Waals surface area contributed by atoms with E-state index in [0.717, 1.165) is 35.3 Å². The number of hydrogen-bond acceptors (Lipinski definition) is 3. The van der Waals surface area contributed by atoms with E-state index in [4.69, 9.17) is 17.1 Å². The summed E-state index contributed by atoms with van der Waals surface area (Å²) in [6.45, 7) is 2.72. The van der Waals surface area contributed by atoms with Crippen LogP contribution in [0.2, 0.25) is 0 Å². The van der Waals surface area contributed by atoms with Gasteiger partial charge in [0.05, 0.1) is 12.2 Å². The summed E-state index contributed by atoms with van der Waals surface area (Å²) in [6.07, 6.45) is 11.5. The van der Waals surface area contributed by atoms with Gasteiger partial charge in [0.15, 0.2) is 0 Å². The summed E-state index contributed by atoms with van der Waals surface area (Å²) in [6, 6.07) is 0. The smallest absolute Gasteiger partial charge is 0.127 e. The number of anilines is 1. The molecule has 1 aliphatic rings. The van der Waals surface area contributed by atoms with E-state index in [1.165, 1.54) is 25.7 Å². The van der Waals surface area contributed by atoms with Crippen molar-refractivity contribution in [2.45, 2.75) is 51.5 Å². The van der Waals surface area contributed by atoms with Crippen molar-refractivity contribution in [3.63, 3.8) is 0 Å². The minimum absolute atomic E-state index is 0.547. The Morgan fingerprint density at radius 1 is 1.47 bits per heavy atom. The molecule has 0 spiro atoms. The van der Waals surface area contributed by atoms with Gasteiger partial charge in [-0.25, -0.2) is 4.98 Å². The fourth-order valence-electron chi connectivity index (χ4n) is 2.79. The maximum atomic E-state index is 6.24. The molecule has 0 bridgehead atoms. The van der Waals surface area contributed by atoms with Crippen LogP contribution in [0.15, 0.2) is 0 Å². The van der Waals surface area contributed by atoms with Crippen LogP contribution in [0.1, 0.15) is 50.0 Å². The van der Waals surface area contributed by atoms with Crippen LogP contribution in [-0.4, -0.2) is 21.1 Å². The standard InChI is InChI=1S/C15H23N3S/c1-3-10-18-14(16)13(9-11-19-4-2)17-15(18)12-7-5-6-8-12/h1,12H,4-11,16H2,2H3. The fourth-order valence-corrected chi connectivity index (χ4v) is 3.41.